The van der Waals surface area contributed by atoms with Crippen molar-refractivity contribution in [2.24, 2.45) is 5.92 Å². The lowest BCUT2D eigenvalue weighted by molar-refractivity contribution is 0.414. The fraction of sp³-hybridized carbons (Fsp3) is 0.571. The SMILES string of the molecule is CNCCC(C)CCc1ccc(OC)c(Cl)c1. The average molecular weight is 256 g/mol. The van der Waals surface area contributed by atoms with Crippen LogP contribution in [0.1, 0.15) is 25.3 Å². The third kappa shape index (κ3) is 4.97. The number of nitrogens with one attached hydrogen (secondary N) is 1. The molecule has 0 saturated carbocycles. The van der Waals surface area contributed by atoms with E-state index in [4.69, 9.17) is 16.3 Å². The minimum Gasteiger partial charge on any atom is -0.495 e. The van der Waals surface area contributed by atoms with Crippen LogP contribution in [0.5, 0.6) is 5.75 Å². The molecule has 0 heterocycles. The summed E-state index contributed by atoms with van der Waals surface area (Å²) >= 11 is 6.09. The highest BCUT2D eigenvalue weighted by molar-refractivity contribution is 6.32. The molecule has 0 aromatic heterocycles. The number of rotatable bonds is 7. The van der Waals surface area contributed by atoms with Crippen LogP contribution in [0.3, 0.4) is 0 Å². The highest BCUT2D eigenvalue weighted by Crippen LogP contribution is 2.26. The van der Waals surface area contributed by atoms with Crippen LogP contribution in [0, 0.1) is 5.92 Å². The molecular weight excluding hydrogens is 234 g/mol. The topological polar surface area (TPSA) is 21.3 Å². The van der Waals surface area contributed by atoms with Crippen LogP contribution in [-0.2, 0) is 6.42 Å². The van der Waals surface area contributed by atoms with Gasteiger partial charge in [0.2, 0.25) is 0 Å². The Hall–Kier alpha value is -0.730. The van der Waals surface area contributed by atoms with Crippen molar-refractivity contribution in [2.75, 3.05) is 20.7 Å². The first-order valence-electron chi connectivity index (χ1n) is 6.14. The fourth-order valence-electron chi connectivity index (χ4n) is 1.81. The molecule has 0 aliphatic carbocycles. The molecular formula is C14H22ClNO. The molecule has 0 amide bonds. The fourth-order valence-corrected chi connectivity index (χ4v) is 2.09. The second kappa shape index (κ2) is 7.57. The Balaban J connectivity index is 2.44. The molecule has 1 N–H and O–H groups in total. The normalized spacial score (nSPS) is 12.5. The maximum Gasteiger partial charge on any atom is 0.137 e. The van der Waals surface area contributed by atoms with Crippen molar-refractivity contribution >= 4 is 11.6 Å². The molecule has 1 aromatic carbocycles. The van der Waals surface area contributed by atoms with Gasteiger partial charge in [-0.15, -0.1) is 0 Å². The Labute approximate surface area is 109 Å². The Kier molecular flexibility index (Phi) is 6.38. The molecule has 0 fully saturated rings. The van der Waals surface area contributed by atoms with Gasteiger partial charge in [0.1, 0.15) is 5.75 Å². The molecule has 1 aromatic rings. The molecule has 1 atom stereocenters. The Morgan fingerprint density at radius 1 is 1.35 bits per heavy atom. The number of halogens is 1. The van der Waals surface area contributed by atoms with E-state index in [0.29, 0.717) is 5.02 Å². The van der Waals surface area contributed by atoms with E-state index in [-0.39, 0.29) is 0 Å². The minimum absolute atomic E-state index is 0.702. The number of aryl methyl sites for hydroxylation is 1. The van der Waals surface area contributed by atoms with E-state index in [0.717, 1.165) is 24.6 Å². The molecule has 1 unspecified atom stereocenters. The van der Waals surface area contributed by atoms with Crippen molar-refractivity contribution < 1.29 is 4.74 Å². The molecule has 3 heteroatoms. The van der Waals surface area contributed by atoms with Gasteiger partial charge in [-0.3, -0.25) is 0 Å². The van der Waals surface area contributed by atoms with E-state index >= 15 is 0 Å². The third-order valence-corrected chi connectivity index (χ3v) is 3.32. The monoisotopic (exact) mass is 255 g/mol. The van der Waals surface area contributed by atoms with Gasteiger partial charge in [-0.25, -0.2) is 0 Å². The van der Waals surface area contributed by atoms with Gasteiger partial charge in [0.05, 0.1) is 12.1 Å². The number of hydrogen-bond donors (Lipinski definition) is 1. The predicted molar refractivity (Wildman–Crippen MR) is 74.0 cm³/mol. The molecule has 0 aliphatic rings. The van der Waals surface area contributed by atoms with Crippen LogP contribution < -0.4 is 10.1 Å². The Bertz CT molecular complexity index is 341. The first kappa shape index (κ1) is 14.3. The van der Waals surface area contributed by atoms with E-state index in [1.54, 1.807) is 7.11 Å². The lowest BCUT2D eigenvalue weighted by atomic mass is 9.98. The van der Waals surface area contributed by atoms with Crippen molar-refractivity contribution in [1.29, 1.82) is 0 Å². The van der Waals surface area contributed by atoms with Gasteiger partial charge in [-0.1, -0.05) is 24.6 Å². The number of ether oxygens (including phenoxy) is 1. The smallest absolute Gasteiger partial charge is 0.137 e. The van der Waals surface area contributed by atoms with Crippen LogP contribution in [0.15, 0.2) is 18.2 Å². The minimum atomic E-state index is 0.702. The summed E-state index contributed by atoms with van der Waals surface area (Å²) in [6, 6.07) is 6.04. The summed E-state index contributed by atoms with van der Waals surface area (Å²) in [5.74, 6) is 1.49. The molecule has 0 saturated heterocycles. The molecule has 1 rings (SSSR count). The molecule has 0 spiro atoms. The van der Waals surface area contributed by atoms with Crippen LogP contribution in [0.4, 0.5) is 0 Å². The predicted octanol–water partition coefficient (Wildman–Crippen LogP) is 3.53. The summed E-state index contributed by atoms with van der Waals surface area (Å²) in [6.45, 7) is 3.38. The van der Waals surface area contributed by atoms with Crippen LogP contribution in [-0.4, -0.2) is 20.7 Å². The van der Waals surface area contributed by atoms with Gasteiger partial charge in [-0.05, 0) is 56.5 Å². The van der Waals surface area contributed by atoms with Crippen molar-refractivity contribution in [1.82, 2.24) is 5.32 Å². The second-order valence-corrected chi connectivity index (χ2v) is 4.91. The summed E-state index contributed by atoms with van der Waals surface area (Å²) in [4.78, 5) is 0. The third-order valence-electron chi connectivity index (χ3n) is 3.03. The molecule has 17 heavy (non-hydrogen) atoms. The summed E-state index contributed by atoms with van der Waals surface area (Å²) in [6.07, 6.45) is 3.50. The van der Waals surface area contributed by atoms with Gasteiger partial charge in [-0.2, -0.15) is 0 Å². The molecule has 0 bridgehead atoms. The van der Waals surface area contributed by atoms with E-state index < -0.39 is 0 Å². The average Bonchev–Trinajstić information content (AvgIpc) is 2.34. The van der Waals surface area contributed by atoms with Gasteiger partial charge >= 0.3 is 0 Å². The highest BCUT2D eigenvalue weighted by Gasteiger charge is 2.05. The van der Waals surface area contributed by atoms with E-state index in [2.05, 4.69) is 18.3 Å². The van der Waals surface area contributed by atoms with Crippen molar-refractivity contribution in [3.8, 4) is 5.75 Å². The van der Waals surface area contributed by atoms with Crippen LogP contribution in [0.25, 0.3) is 0 Å². The molecule has 0 radical (unpaired) electrons. The van der Waals surface area contributed by atoms with Gasteiger partial charge in [0.25, 0.3) is 0 Å². The van der Waals surface area contributed by atoms with Crippen molar-refractivity contribution in [3.63, 3.8) is 0 Å². The maximum atomic E-state index is 6.09. The van der Waals surface area contributed by atoms with Crippen LogP contribution >= 0.6 is 11.6 Å². The summed E-state index contributed by atoms with van der Waals surface area (Å²) in [5.41, 5.74) is 1.28. The summed E-state index contributed by atoms with van der Waals surface area (Å²) in [7, 11) is 3.64. The van der Waals surface area contributed by atoms with Gasteiger partial charge < -0.3 is 10.1 Å². The van der Waals surface area contributed by atoms with Gasteiger partial charge in [0.15, 0.2) is 0 Å². The first-order valence-corrected chi connectivity index (χ1v) is 6.52. The van der Waals surface area contributed by atoms with E-state index in [1.807, 2.05) is 19.2 Å². The van der Waals surface area contributed by atoms with Crippen molar-refractivity contribution in [3.05, 3.63) is 28.8 Å². The largest absolute Gasteiger partial charge is 0.495 e. The second-order valence-electron chi connectivity index (χ2n) is 4.50. The van der Waals surface area contributed by atoms with Gasteiger partial charge in [0, 0.05) is 0 Å². The van der Waals surface area contributed by atoms with Crippen LogP contribution in [0.2, 0.25) is 5.02 Å². The van der Waals surface area contributed by atoms with E-state index in [1.165, 1.54) is 18.4 Å². The molecule has 96 valence electrons. The highest BCUT2D eigenvalue weighted by atomic mass is 35.5. The zero-order valence-electron chi connectivity index (χ0n) is 10.9. The first-order chi connectivity index (χ1) is 8.17. The van der Waals surface area contributed by atoms with E-state index in [9.17, 15) is 0 Å². The summed E-state index contributed by atoms with van der Waals surface area (Å²) in [5, 5.41) is 3.89. The standard InChI is InChI=1S/C14H22ClNO/c1-11(8-9-16-2)4-5-12-6-7-14(17-3)13(15)10-12/h6-7,10-11,16H,4-5,8-9H2,1-3H3. The maximum absolute atomic E-state index is 6.09. The Morgan fingerprint density at radius 3 is 2.71 bits per heavy atom. The molecule has 2 nitrogen and oxygen atoms in total. The summed E-state index contributed by atoms with van der Waals surface area (Å²) < 4.78 is 5.14. The zero-order chi connectivity index (χ0) is 12.7. The number of hydrogen-bond acceptors (Lipinski definition) is 2. The number of methoxy groups -OCH3 is 1. The Morgan fingerprint density at radius 2 is 2.12 bits per heavy atom. The number of benzene rings is 1. The lowest BCUT2D eigenvalue weighted by Gasteiger charge is -2.11. The zero-order valence-corrected chi connectivity index (χ0v) is 11.7. The quantitative estimate of drug-likeness (QED) is 0.805. The lowest BCUT2D eigenvalue weighted by Crippen LogP contribution is -2.11. The molecule has 0 aliphatic heterocycles. The van der Waals surface area contributed by atoms with Crippen molar-refractivity contribution in [2.45, 2.75) is 26.2 Å².